The van der Waals surface area contributed by atoms with Crippen molar-refractivity contribution in [1.29, 1.82) is 0 Å². The molecule has 0 saturated heterocycles. The van der Waals surface area contributed by atoms with E-state index in [9.17, 15) is 19.1 Å². The molecule has 2 N–H and O–H groups in total. The third-order valence-electron chi connectivity index (χ3n) is 8.03. The Labute approximate surface area is 239 Å². The van der Waals surface area contributed by atoms with Crippen molar-refractivity contribution in [3.63, 3.8) is 0 Å². The van der Waals surface area contributed by atoms with E-state index < -0.39 is 5.60 Å². The monoisotopic (exact) mass is 726 g/mol. The molecule has 37 heavy (non-hydrogen) atoms. The van der Waals surface area contributed by atoms with Gasteiger partial charge >= 0.3 is 0 Å². The van der Waals surface area contributed by atoms with Crippen LogP contribution in [0.2, 0.25) is 0 Å². The van der Waals surface area contributed by atoms with Crippen LogP contribution in [0.5, 0.6) is 0 Å². The molecule has 2 unspecified atom stereocenters. The molecule has 6 rings (SSSR count). The summed E-state index contributed by atoms with van der Waals surface area (Å²) in [6, 6.07) is 3.14. The summed E-state index contributed by atoms with van der Waals surface area (Å²) in [4.78, 5) is 31.1. The summed E-state index contributed by atoms with van der Waals surface area (Å²) in [5, 5.41) is 15.4. The molecule has 3 aliphatic rings. The van der Waals surface area contributed by atoms with Gasteiger partial charge in [0, 0.05) is 71.7 Å². The topological polar surface area (TPSA) is 84.2 Å². The molecule has 8 heteroatoms. The largest absolute Gasteiger partial charge is 0.562 e. The minimum Gasteiger partial charge on any atom is -0.562 e. The quantitative estimate of drug-likeness (QED) is 0.240. The van der Waals surface area contributed by atoms with Crippen LogP contribution in [-0.2, 0) is 29.8 Å². The zero-order valence-electron chi connectivity index (χ0n) is 21.7. The van der Waals surface area contributed by atoms with Crippen LogP contribution in [0.15, 0.2) is 23.5 Å². The summed E-state index contributed by atoms with van der Waals surface area (Å²) in [6.07, 6.45) is 4.91. The maximum absolute atomic E-state index is 14.8. The minimum absolute atomic E-state index is 0. The molecule has 0 fully saturated rings. The SMILES string of the molecule is C=[C-]NC1CCc2c(C)c(F)cc3nc4c(c1c23)Cn1c-4cc2c(c1=O)CCC(=O)C2(O)CC.CC.[U]. The van der Waals surface area contributed by atoms with Crippen LogP contribution >= 0.6 is 0 Å². The zero-order chi connectivity index (χ0) is 25.9. The van der Waals surface area contributed by atoms with E-state index in [1.54, 1.807) is 24.5 Å². The first kappa shape index (κ1) is 27.8. The molecule has 1 aliphatic heterocycles. The van der Waals surface area contributed by atoms with Crippen LogP contribution in [0.25, 0.3) is 22.3 Å². The number of carbonyl (C=O) groups excluding carboxylic acids is 1. The number of carbonyl (C=O) groups is 1. The Morgan fingerprint density at radius 1 is 1.22 bits per heavy atom. The molecule has 0 amide bonds. The first-order valence-corrected chi connectivity index (χ1v) is 12.8. The van der Waals surface area contributed by atoms with Gasteiger partial charge in [-0.3, -0.25) is 16.2 Å². The third-order valence-corrected chi connectivity index (χ3v) is 8.03. The Morgan fingerprint density at radius 3 is 2.62 bits per heavy atom. The Bertz CT molecular complexity index is 1510. The maximum Gasteiger partial charge on any atom is 0.254 e. The minimum atomic E-state index is -1.67. The summed E-state index contributed by atoms with van der Waals surface area (Å²) in [7, 11) is 0. The number of Topliss-reactive ketones (excluding diaryl/α,β-unsaturated/α-hetero) is 1. The number of fused-ring (bicyclic) bond motifs is 5. The fourth-order valence-electron chi connectivity index (χ4n) is 6.21. The number of rotatable bonds is 3. The molecule has 0 saturated carbocycles. The van der Waals surface area contributed by atoms with E-state index in [0.29, 0.717) is 53.0 Å². The van der Waals surface area contributed by atoms with Crippen LogP contribution in [-0.4, -0.2) is 20.4 Å². The number of nitrogens with zero attached hydrogens (tertiary/aromatic N) is 2. The smallest absolute Gasteiger partial charge is 0.254 e. The van der Waals surface area contributed by atoms with Crippen molar-refractivity contribution >= 4 is 16.7 Å². The number of benzene rings is 1. The number of ketones is 1. The molecule has 0 bridgehead atoms. The van der Waals surface area contributed by atoms with Gasteiger partial charge in [0.05, 0.1) is 23.4 Å². The number of pyridine rings is 2. The van der Waals surface area contributed by atoms with Gasteiger partial charge in [-0.1, -0.05) is 20.8 Å². The second kappa shape index (κ2) is 10.1. The van der Waals surface area contributed by atoms with E-state index in [2.05, 4.69) is 18.1 Å². The molecule has 2 atom stereocenters. The van der Waals surface area contributed by atoms with Gasteiger partial charge < -0.3 is 21.2 Å². The Hall–Kier alpha value is -2.27. The average Bonchev–Trinajstić information content (AvgIpc) is 3.25. The molecule has 2 aliphatic carbocycles. The van der Waals surface area contributed by atoms with Crippen LogP contribution in [0, 0.1) is 50.1 Å². The molecular formula is C29H31FN3O3U-. The van der Waals surface area contributed by atoms with Crippen molar-refractivity contribution in [2.24, 2.45) is 0 Å². The second-order valence-electron chi connectivity index (χ2n) is 9.57. The van der Waals surface area contributed by atoms with Gasteiger partial charge in [-0.25, -0.2) is 9.37 Å². The van der Waals surface area contributed by atoms with Gasteiger partial charge in [0.1, 0.15) is 11.4 Å². The predicted octanol–water partition coefficient (Wildman–Crippen LogP) is 4.54. The van der Waals surface area contributed by atoms with Gasteiger partial charge in [-0.15, -0.1) is 0 Å². The summed E-state index contributed by atoms with van der Waals surface area (Å²) < 4.78 is 16.5. The predicted molar refractivity (Wildman–Crippen MR) is 137 cm³/mol. The molecule has 2 aromatic heterocycles. The Morgan fingerprint density at radius 2 is 1.95 bits per heavy atom. The first-order chi connectivity index (χ1) is 17.3. The van der Waals surface area contributed by atoms with Gasteiger partial charge in [0.25, 0.3) is 5.56 Å². The van der Waals surface area contributed by atoms with E-state index in [4.69, 9.17) is 4.98 Å². The van der Waals surface area contributed by atoms with E-state index >= 15 is 0 Å². The van der Waals surface area contributed by atoms with E-state index in [1.165, 1.54) is 6.07 Å². The van der Waals surface area contributed by atoms with Crippen LogP contribution in [0.3, 0.4) is 0 Å². The van der Waals surface area contributed by atoms with Crippen LogP contribution in [0.4, 0.5) is 4.39 Å². The number of halogens is 1. The van der Waals surface area contributed by atoms with Crippen molar-refractivity contribution in [1.82, 2.24) is 14.9 Å². The number of aryl methyl sites for hydroxylation is 1. The first-order valence-electron chi connectivity index (χ1n) is 12.8. The van der Waals surface area contributed by atoms with E-state index in [0.717, 1.165) is 28.5 Å². The second-order valence-corrected chi connectivity index (χ2v) is 9.57. The molecule has 3 aromatic rings. The van der Waals surface area contributed by atoms with Gasteiger partial charge in [0.15, 0.2) is 5.78 Å². The van der Waals surface area contributed by atoms with Crippen molar-refractivity contribution in [2.75, 3.05) is 0 Å². The molecule has 192 valence electrons. The standard InChI is InChI=1S/C27H25FN3O3.C2H6.U/c1-4-27(34)17-10-21-25-16(12-31(21)26(33)15(17)7-9-22(27)32)24-19(29-5-2)8-6-14-13(3)18(28)11-20(30-25)23(14)24;1-2;/h10-11,19,29,34H,2,4,6-9,12H2,1,3H3;1-2H3;/q-1;;. The fraction of sp³-hybridized carbons (Fsp3) is 0.414. The summed E-state index contributed by atoms with van der Waals surface area (Å²) in [5.41, 5.74) is 4.23. The number of hydrogen-bond acceptors (Lipinski definition) is 5. The number of aliphatic hydroxyl groups is 1. The Kier molecular flexibility index (Phi) is 7.60. The van der Waals surface area contributed by atoms with E-state index in [-0.39, 0.29) is 67.2 Å². The number of nitrogens with one attached hydrogen (secondary N) is 1. The van der Waals surface area contributed by atoms with Crippen molar-refractivity contribution < 1.29 is 45.4 Å². The number of aromatic nitrogens is 2. The van der Waals surface area contributed by atoms with E-state index in [1.807, 2.05) is 13.8 Å². The maximum atomic E-state index is 14.8. The molecule has 0 spiro atoms. The fourth-order valence-corrected chi connectivity index (χ4v) is 6.21. The van der Waals surface area contributed by atoms with Crippen LogP contribution < -0.4 is 10.9 Å². The molecular weight excluding hydrogens is 695 g/mol. The molecule has 3 heterocycles. The molecule has 0 radical (unpaired) electrons. The summed E-state index contributed by atoms with van der Waals surface area (Å²) in [6.45, 7) is 11.6. The van der Waals surface area contributed by atoms with Crippen molar-refractivity contribution in [2.45, 2.75) is 78.0 Å². The molecule has 1 aromatic carbocycles. The van der Waals surface area contributed by atoms with Crippen molar-refractivity contribution in [3.8, 4) is 11.4 Å². The summed E-state index contributed by atoms with van der Waals surface area (Å²) in [5.74, 6) is -0.561. The number of hydrogen-bond donors (Lipinski definition) is 2. The van der Waals surface area contributed by atoms with Crippen LogP contribution in [0.1, 0.15) is 79.5 Å². The van der Waals surface area contributed by atoms with Gasteiger partial charge in [-0.2, -0.15) is 0 Å². The van der Waals surface area contributed by atoms with Gasteiger partial charge in [-0.05, 0) is 55.4 Å². The van der Waals surface area contributed by atoms with Gasteiger partial charge in [0.2, 0.25) is 0 Å². The average molecular weight is 727 g/mol. The third kappa shape index (κ3) is 3.87. The summed E-state index contributed by atoms with van der Waals surface area (Å²) >= 11 is 0. The zero-order valence-corrected chi connectivity index (χ0v) is 25.9. The normalized spacial score (nSPS) is 20.7. The Balaban J connectivity index is 0.00000104. The van der Waals surface area contributed by atoms with Crippen molar-refractivity contribution in [3.05, 3.63) is 74.5 Å². The molecule has 6 nitrogen and oxygen atoms in total.